The Labute approximate surface area is 371 Å². The Morgan fingerprint density at radius 1 is 0.790 bits per heavy atom. The zero-order valence-electron chi connectivity index (χ0n) is 40.2. The molecule has 0 spiro atoms. The van der Waals surface area contributed by atoms with Gasteiger partial charge in [0, 0.05) is 57.0 Å². The fourth-order valence-electron chi connectivity index (χ4n) is 15.7. The molecule has 0 aromatic carbocycles. The SMILES string of the molecule is Cc1nnc(C(C)C)n1CCN1CCN(C(=O)N[C@@]23CC[C@]4(C)[C@H](CC[C@@H]5[C@@]6(C)CC[C@H](OC(=O)[C@H]7C[C@@H](C(=O)O)C7(C)C)C(C)(C)[C@@H]6CC[C@]54C)C2=C(C(C)C)C(=O)C3)CC1. The zero-order chi connectivity index (χ0) is 45.1. The van der Waals surface area contributed by atoms with Gasteiger partial charge in [-0.1, -0.05) is 76.2 Å². The van der Waals surface area contributed by atoms with Gasteiger partial charge >= 0.3 is 18.0 Å². The molecule has 344 valence electrons. The van der Waals surface area contributed by atoms with Crippen molar-refractivity contribution in [2.45, 2.75) is 171 Å². The minimum Gasteiger partial charge on any atom is -0.481 e. The van der Waals surface area contributed by atoms with Gasteiger partial charge in [-0.3, -0.25) is 19.3 Å². The van der Waals surface area contributed by atoms with Crippen LogP contribution >= 0.6 is 0 Å². The molecule has 0 radical (unpaired) electrons. The largest absolute Gasteiger partial charge is 0.481 e. The number of amides is 2. The van der Waals surface area contributed by atoms with E-state index in [1.807, 2.05) is 25.7 Å². The highest BCUT2D eigenvalue weighted by atomic mass is 16.5. The summed E-state index contributed by atoms with van der Waals surface area (Å²) in [7, 11) is 0. The Balaban J connectivity index is 0.973. The lowest BCUT2D eigenvalue weighted by atomic mass is 9.33. The van der Waals surface area contributed by atoms with Crippen molar-refractivity contribution in [2.24, 2.45) is 62.6 Å². The minimum atomic E-state index is -0.831. The fourth-order valence-corrected chi connectivity index (χ4v) is 15.7. The number of carboxylic acid groups (broad SMARTS) is 1. The molecule has 2 heterocycles. The van der Waals surface area contributed by atoms with Crippen LogP contribution in [0.15, 0.2) is 11.1 Å². The number of nitrogens with one attached hydrogen (secondary N) is 1. The van der Waals surface area contributed by atoms with E-state index in [1.165, 1.54) is 5.57 Å². The Kier molecular flexibility index (Phi) is 11.3. The highest BCUT2D eigenvalue weighted by Crippen LogP contribution is 2.76. The van der Waals surface area contributed by atoms with Crippen LogP contribution in [0.25, 0.3) is 0 Å². The number of fused-ring (bicyclic) bond motifs is 7. The lowest BCUT2D eigenvalue weighted by Crippen LogP contribution is -2.68. The number of carbonyl (C=O) groups is 4. The molecular weight excluding hydrogens is 781 g/mol. The van der Waals surface area contributed by atoms with Gasteiger partial charge < -0.3 is 24.6 Å². The number of allylic oxidation sites excluding steroid dienone is 1. The van der Waals surface area contributed by atoms with Crippen molar-refractivity contribution in [3.8, 4) is 0 Å². The van der Waals surface area contributed by atoms with Crippen molar-refractivity contribution in [3.63, 3.8) is 0 Å². The van der Waals surface area contributed by atoms with Gasteiger partial charge in [0.15, 0.2) is 5.78 Å². The van der Waals surface area contributed by atoms with Crippen molar-refractivity contribution in [2.75, 3.05) is 32.7 Å². The molecule has 12 nitrogen and oxygen atoms in total. The summed E-state index contributed by atoms with van der Waals surface area (Å²) in [5.41, 5.74) is 0.832. The van der Waals surface area contributed by atoms with Gasteiger partial charge in [0.25, 0.3) is 0 Å². The summed E-state index contributed by atoms with van der Waals surface area (Å²) in [4.78, 5) is 58.6. The predicted molar refractivity (Wildman–Crippen MR) is 238 cm³/mol. The molecule has 2 amide bonds. The van der Waals surface area contributed by atoms with Gasteiger partial charge in [0.05, 0.1) is 17.4 Å². The van der Waals surface area contributed by atoms with E-state index in [4.69, 9.17) is 4.74 Å². The standard InChI is InChI=1S/C50H78N6O6/c1-29(2)39-35(57)28-50(51-44(61)55-24-21-54(22-25-55)23-26-56-31(5)52-53-41(56)30(3)4)20-19-48(11)32(40(39)50)13-14-37-47(10)17-16-38(46(8,9)36(47)15-18-49(37,48)12)62-43(60)34-27-33(42(58)59)45(34,6)7/h29-30,32-34,36-38H,13-28H2,1-12H3,(H,51,61)(H,58,59)/t32-,33+,34-,36+,37-,38+,47+,48-,49-,50-/m1/s1. The third kappa shape index (κ3) is 6.73. The number of aromatic nitrogens is 3. The van der Waals surface area contributed by atoms with Gasteiger partial charge in [-0.15, -0.1) is 10.2 Å². The first kappa shape index (κ1) is 45.3. The number of rotatable bonds is 9. The molecule has 0 bridgehead atoms. The number of nitrogens with zero attached hydrogens (tertiary/aromatic N) is 5. The summed E-state index contributed by atoms with van der Waals surface area (Å²) >= 11 is 0. The van der Waals surface area contributed by atoms with Crippen LogP contribution in [0.5, 0.6) is 0 Å². The van der Waals surface area contributed by atoms with Crippen LogP contribution < -0.4 is 5.32 Å². The lowest BCUT2D eigenvalue weighted by Gasteiger charge is -2.72. The maximum absolute atomic E-state index is 14.4. The molecule has 1 saturated heterocycles. The van der Waals surface area contributed by atoms with E-state index >= 15 is 0 Å². The molecule has 7 aliphatic rings. The van der Waals surface area contributed by atoms with Gasteiger partial charge in [0.1, 0.15) is 17.8 Å². The summed E-state index contributed by atoms with van der Waals surface area (Å²) in [6, 6.07) is -0.0320. The molecule has 1 aromatic rings. The fraction of sp³-hybridized carbons (Fsp3) is 0.840. The number of hydrogen-bond donors (Lipinski definition) is 2. The normalized spacial score (nSPS) is 38.8. The summed E-state index contributed by atoms with van der Waals surface area (Å²) in [5, 5.41) is 22.0. The summed E-state index contributed by atoms with van der Waals surface area (Å²) in [6.45, 7) is 31.4. The highest BCUT2D eigenvalue weighted by Gasteiger charge is 2.70. The van der Waals surface area contributed by atoms with E-state index in [2.05, 4.69) is 87.3 Å². The maximum atomic E-state index is 14.4. The van der Waals surface area contributed by atoms with E-state index in [9.17, 15) is 24.3 Å². The second-order valence-electron chi connectivity index (χ2n) is 23.7. The number of hydrogen-bond acceptors (Lipinski definition) is 8. The second-order valence-corrected chi connectivity index (χ2v) is 23.7. The molecule has 6 fully saturated rings. The Morgan fingerprint density at radius 2 is 1.48 bits per heavy atom. The number of ketones is 1. The molecule has 1 aliphatic heterocycles. The molecular formula is C50H78N6O6. The van der Waals surface area contributed by atoms with Gasteiger partial charge in [-0.25, -0.2) is 4.79 Å². The first-order valence-electron chi connectivity index (χ1n) is 24.3. The van der Waals surface area contributed by atoms with Gasteiger partial charge in [0.2, 0.25) is 0 Å². The molecule has 5 saturated carbocycles. The first-order chi connectivity index (χ1) is 28.9. The third-order valence-electron chi connectivity index (χ3n) is 19.6. The molecule has 12 heteroatoms. The second kappa shape index (κ2) is 15.4. The van der Waals surface area contributed by atoms with E-state index in [0.29, 0.717) is 43.7 Å². The number of aliphatic carboxylic acids is 1. The van der Waals surface area contributed by atoms with Crippen molar-refractivity contribution in [1.29, 1.82) is 0 Å². The summed E-state index contributed by atoms with van der Waals surface area (Å²) in [6.07, 6.45) is 8.33. The van der Waals surface area contributed by atoms with Crippen molar-refractivity contribution < 1.29 is 29.0 Å². The number of urea groups is 1. The van der Waals surface area contributed by atoms with E-state index in [-0.39, 0.29) is 63.3 Å². The molecule has 6 aliphatic carbocycles. The summed E-state index contributed by atoms with van der Waals surface area (Å²) < 4.78 is 8.66. The van der Waals surface area contributed by atoms with Crippen LogP contribution in [0, 0.1) is 69.5 Å². The minimum absolute atomic E-state index is 0.0320. The van der Waals surface area contributed by atoms with Crippen molar-refractivity contribution >= 4 is 23.8 Å². The highest BCUT2D eigenvalue weighted by molar-refractivity contribution is 6.02. The van der Waals surface area contributed by atoms with Crippen LogP contribution in [0.2, 0.25) is 0 Å². The predicted octanol–water partition coefficient (Wildman–Crippen LogP) is 8.43. The zero-order valence-corrected chi connectivity index (χ0v) is 40.2. The summed E-state index contributed by atoms with van der Waals surface area (Å²) in [5.74, 6) is 1.70. The number of piperazine rings is 1. The molecule has 1 aromatic heterocycles. The monoisotopic (exact) mass is 859 g/mol. The van der Waals surface area contributed by atoms with E-state index < -0.39 is 22.8 Å². The average molecular weight is 859 g/mol. The third-order valence-corrected chi connectivity index (χ3v) is 19.6. The molecule has 62 heavy (non-hydrogen) atoms. The van der Waals surface area contributed by atoms with Crippen LogP contribution in [-0.4, -0.2) is 97.8 Å². The van der Waals surface area contributed by atoms with Crippen LogP contribution in [0.4, 0.5) is 4.79 Å². The number of carboxylic acids is 1. The topological polar surface area (TPSA) is 147 Å². The molecule has 0 unspecified atom stereocenters. The maximum Gasteiger partial charge on any atom is 0.318 e. The number of carbonyl (C=O) groups excluding carboxylic acids is 3. The number of esters is 1. The van der Waals surface area contributed by atoms with Crippen LogP contribution in [0.1, 0.15) is 158 Å². The Hall–Kier alpha value is -3.28. The van der Waals surface area contributed by atoms with Crippen molar-refractivity contribution in [1.82, 2.24) is 29.9 Å². The molecule has 2 N–H and O–H groups in total. The van der Waals surface area contributed by atoms with Gasteiger partial charge in [-0.05, 0) is 121 Å². The van der Waals surface area contributed by atoms with Crippen molar-refractivity contribution in [3.05, 3.63) is 22.8 Å². The van der Waals surface area contributed by atoms with Gasteiger partial charge in [-0.2, -0.15) is 0 Å². The van der Waals surface area contributed by atoms with Crippen LogP contribution in [0.3, 0.4) is 0 Å². The smallest absolute Gasteiger partial charge is 0.318 e. The number of aryl methyl sites for hydroxylation is 1. The molecule has 8 rings (SSSR count). The quantitative estimate of drug-likeness (QED) is 0.234. The average Bonchev–Trinajstić information content (AvgIpc) is 3.70. The number of Topliss-reactive ketones (excluding diaryl/α,β-unsaturated/α-hetero) is 1. The number of ether oxygens (including phenoxy) is 1. The van der Waals surface area contributed by atoms with Crippen LogP contribution in [-0.2, 0) is 25.7 Å². The molecule has 10 atom stereocenters. The first-order valence-corrected chi connectivity index (χ1v) is 24.3. The van der Waals surface area contributed by atoms with E-state index in [0.717, 1.165) is 94.8 Å². The Morgan fingerprint density at radius 3 is 2.11 bits per heavy atom. The van der Waals surface area contributed by atoms with E-state index in [1.54, 1.807) is 0 Å². The Bertz CT molecular complexity index is 2010. The lowest BCUT2D eigenvalue weighted by molar-refractivity contribution is -0.235.